The lowest BCUT2D eigenvalue weighted by Gasteiger charge is -2.13. The summed E-state index contributed by atoms with van der Waals surface area (Å²) in [7, 11) is 0. The van der Waals surface area contributed by atoms with Gasteiger partial charge in [0.15, 0.2) is 0 Å². The summed E-state index contributed by atoms with van der Waals surface area (Å²) in [5.74, 6) is 0.210. The van der Waals surface area contributed by atoms with Crippen molar-refractivity contribution in [3.05, 3.63) is 32.3 Å². The van der Waals surface area contributed by atoms with Gasteiger partial charge in [0, 0.05) is 36.3 Å². The fourth-order valence-electron chi connectivity index (χ4n) is 2.17. The van der Waals surface area contributed by atoms with Crippen LogP contribution >= 0.6 is 31.9 Å². The Labute approximate surface area is 121 Å². The number of phenols is 1. The van der Waals surface area contributed by atoms with Crippen LogP contribution in [-0.4, -0.2) is 21.8 Å². The molecular formula is C12H11Br2N3O. The number of halogens is 2. The van der Waals surface area contributed by atoms with Gasteiger partial charge in [-0.25, -0.2) is 0 Å². The number of rotatable bonds is 1. The Bertz CT molecular complexity index is 586. The van der Waals surface area contributed by atoms with E-state index in [0.717, 1.165) is 30.8 Å². The summed E-state index contributed by atoms with van der Waals surface area (Å²) >= 11 is 6.69. The van der Waals surface area contributed by atoms with Crippen molar-refractivity contribution in [1.29, 1.82) is 0 Å². The molecule has 0 radical (unpaired) electrons. The molecule has 0 atom stereocenters. The summed E-state index contributed by atoms with van der Waals surface area (Å²) in [4.78, 5) is 0. The number of aromatic amines is 1. The van der Waals surface area contributed by atoms with Crippen LogP contribution in [0.1, 0.15) is 11.3 Å². The highest BCUT2D eigenvalue weighted by atomic mass is 79.9. The normalized spacial score (nSPS) is 14.6. The lowest BCUT2D eigenvalue weighted by atomic mass is 10.0. The number of phenolic OH excluding ortho intramolecular Hbond substituents is 1. The second-order valence-electron chi connectivity index (χ2n) is 4.24. The fraction of sp³-hybridized carbons (Fsp3) is 0.250. The third-order valence-corrected chi connectivity index (χ3v) is 4.31. The molecule has 0 bridgehead atoms. The highest BCUT2D eigenvalue weighted by molar-refractivity contribution is 9.11. The van der Waals surface area contributed by atoms with Gasteiger partial charge in [0.1, 0.15) is 5.75 Å². The molecule has 3 N–H and O–H groups in total. The molecule has 0 spiro atoms. The standard InChI is InChI=1S/C12H11Br2N3O/c13-8-3-6(4-9(14)12(8)18)11-7-5-15-2-1-10(7)16-17-11/h3-4,15,18H,1-2,5H2,(H,16,17). The SMILES string of the molecule is Oc1c(Br)cc(-c2n[nH]c3c2CNCC3)cc1Br. The fourth-order valence-corrected chi connectivity index (χ4v) is 3.35. The number of hydrogen-bond acceptors (Lipinski definition) is 3. The van der Waals surface area contributed by atoms with Crippen molar-refractivity contribution in [2.24, 2.45) is 0 Å². The molecule has 94 valence electrons. The van der Waals surface area contributed by atoms with E-state index in [2.05, 4.69) is 47.4 Å². The molecular weight excluding hydrogens is 362 g/mol. The van der Waals surface area contributed by atoms with Crippen LogP contribution in [-0.2, 0) is 13.0 Å². The number of nitrogens with zero attached hydrogens (tertiary/aromatic N) is 1. The highest BCUT2D eigenvalue weighted by Crippen LogP contribution is 2.37. The van der Waals surface area contributed by atoms with E-state index < -0.39 is 0 Å². The molecule has 1 aromatic carbocycles. The summed E-state index contributed by atoms with van der Waals surface area (Å²) in [5.41, 5.74) is 4.33. The third-order valence-electron chi connectivity index (χ3n) is 3.10. The minimum Gasteiger partial charge on any atom is -0.506 e. The van der Waals surface area contributed by atoms with Gasteiger partial charge in [-0.05, 0) is 44.0 Å². The van der Waals surface area contributed by atoms with Gasteiger partial charge < -0.3 is 10.4 Å². The maximum atomic E-state index is 9.73. The van der Waals surface area contributed by atoms with Crippen molar-refractivity contribution in [3.8, 4) is 17.0 Å². The molecule has 0 aliphatic carbocycles. The van der Waals surface area contributed by atoms with Crippen LogP contribution in [0, 0.1) is 0 Å². The molecule has 1 aliphatic heterocycles. The van der Waals surface area contributed by atoms with E-state index in [0.29, 0.717) is 8.95 Å². The van der Waals surface area contributed by atoms with Gasteiger partial charge in [0.25, 0.3) is 0 Å². The number of aromatic nitrogens is 2. The van der Waals surface area contributed by atoms with Gasteiger partial charge in [-0.3, -0.25) is 5.10 Å². The zero-order valence-corrected chi connectivity index (χ0v) is 12.6. The molecule has 3 rings (SSSR count). The summed E-state index contributed by atoms with van der Waals surface area (Å²) in [6.07, 6.45) is 0.975. The minimum atomic E-state index is 0.210. The Morgan fingerprint density at radius 3 is 2.67 bits per heavy atom. The van der Waals surface area contributed by atoms with Crippen molar-refractivity contribution >= 4 is 31.9 Å². The smallest absolute Gasteiger partial charge is 0.143 e. The summed E-state index contributed by atoms with van der Waals surface area (Å²) in [5, 5.41) is 20.6. The maximum Gasteiger partial charge on any atom is 0.143 e. The van der Waals surface area contributed by atoms with Gasteiger partial charge in [-0.15, -0.1) is 0 Å². The van der Waals surface area contributed by atoms with Crippen molar-refractivity contribution < 1.29 is 5.11 Å². The number of nitrogens with one attached hydrogen (secondary N) is 2. The average molecular weight is 373 g/mol. The molecule has 0 saturated heterocycles. The van der Waals surface area contributed by atoms with Gasteiger partial charge in [-0.2, -0.15) is 5.10 Å². The van der Waals surface area contributed by atoms with E-state index in [1.807, 2.05) is 12.1 Å². The van der Waals surface area contributed by atoms with Gasteiger partial charge in [-0.1, -0.05) is 0 Å². The maximum absolute atomic E-state index is 9.73. The Balaban J connectivity index is 2.13. The molecule has 2 heterocycles. The van der Waals surface area contributed by atoms with Gasteiger partial charge in [0.2, 0.25) is 0 Å². The Hall–Kier alpha value is -0.850. The van der Waals surface area contributed by atoms with E-state index in [9.17, 15) is 5.11 Å². The first-order valence-electron chi connectivity index (χ1n) is 5.62. The lowest BCUT2D eigenvalue weighted by molar-refractivity contribution is 0.468. The van der Waals surface area contributed by atoms with Crippen LogP contribution in [0.4, 0.5) is 0 Å². The number of benzene rings is 1. The molecule has 0 saturated carbocycles. The van der Waals surface area contributed by atoms with Crippen LogP contribution in [0.25, 0.3) is 11.3 Å². The molecule has 6 heteroatoms. The zero-order valence-electron chi connectivity index (χ0n) is 9.43. The lowest BCUT2D eigenvalue weighted by Crippen LogP contribution is -2.23. The summed E-state index contributed by atoms with van der Waals surface area (Å²) in [6, 6.07) is 3.76. The number of aromatic hydroxyl groups is 1. The van der Waals surface area contributed by atoms with Crippen LogP contribution in [0.3, 0.4) is 0 Å². The number of fused-ring (bicyclic) bond motifs is 1. The molecule has 1 aromatic heterocycles. The van der Waals surface area contributed by atoms with Crippen LogP contribution in [0.15, 0.2) is 21.1 Å². The van der Waals surface area contributed by atoms with Crippen LogP contribution in [0.2, 0.25) is 0 Å². The largest absolute Gasteiger partial charge is 0.506 e. The Kier molecular flexibility index (Phi) is 3.17. The van der Waals surface area contributed by atoms with Crippen LogP contribution < -0.4 is 5.32 Å². The molecule has 2 aromatic rings. The second kappa shape index (κ2) is 4.68. The first-order chi connectivity index (χ1) is 8.66. The zero-order chi connectivity index (χ0) is 12.7. The van der Waals surface area contributed by atoms with E-state index >= 15 is 0 Å². The van der Waals surface area contributed by atoms with Crippen molar-refractivity contribution in [1.82, 2.24) is 15.5 Å². The molecule has 0 amide bonds. The van der Waals surface area contributed by atoms with E-state index in [1.54, 1.807) is 0 Å². The Morgan fingerprint density at radius 2 is 1.94 bits per heavy atom. The first-order valence-corrected chi connectivity index (χ1v) is 7.20. The molecule has 0 fully saturated rings. The number of hydrogen-bond donors (Lipinski definition) is 3. The number of H-pyrrole nitrogens is 1. The van der Waals surface area contributed by atoms with E-state index in [4.69, 9.17) is 0 Å². The van der Waals surface area contributed by atoms with Crippen molar-refractivity contribution in [2.75, 3.05) is 6.54 Å². The third kappa shape index (κ3) is 1.98. The minimum absolute atomic E-state index is 0.210. The van der Waals surface area contributed by atoms with Gasteiger partial charge >= 0.3 is 0 Å². The molecule has 18 heavy (non-hydrogen) atoms. The second-order valence-corrected chi connectivity index (χ2v) is 5.95. The first kappa shape index (κ1) is 12.2. The van der Waals surface area contributed by atoms with Crippen molar-refractivity contribution in [3.63, 3.8) is 0 Å². The van der Waals surface area contributed by atoms with Crippen LogP contribution in [0.5, 0.6) is 5.75 Å². The Morgan fingerprint density at radius 1 is 1.22 bits per heavy atom. The molecule has 4 nitrogen and oxygen atoms in total. The molecule has 1 aliphatic rings. The molecule has 0 unspecified atom stereocenters. The predicted octanol–water partition coefficient (Wildman–Crippen LogP) is 2.95. The summed E-state index contributed by atoms with van der Waals surface area (Å²) in [6.45, 7) is 1.81. The van der Waals surface area contributed by atoms with Crippen molar-refractivity contribution in [2.45, 2.75) is 13.0 Å². The van der Waals surface area contributed by atoms with Gasteiger partial charge in [0.05, 0.1) is 14.6 Å². The van der Waals surface area contributed by atoms with E-state index in [1.165, 1.54) is 11.3 Å². The highest BCUT2D eigenvalue weighted by Gasteiger charge is 2.19. The average Bonchev–Trinajstić information content (AvgIpc) is 2.79. The predicted molar refractivity (Wildman–Crippen MR) is 76.5 cm³/mol. The summed E-state index contributed by atoms with van der Waals surface area (Å²) < 4.78 is 1.32. The quantitative estimate of drug-likeness (QED) is 0.721. The van der Waals surface area contributed by atoms with E-state index in [-0.39, 0.29) is 5.75 Å². The monoisotopic (exact) mass is 371 g/mol. The topological polar surface area (TPSA) is 60.9 Å².